The van der Waals surface area contributed by atoms with Gasteiger partial charge < -0.3 is 4.74 Å². The molecule has 2 nitrogen and oxygen atoms in total. The summed E-state index contributed by atoms with van der Waals surface area (Å²) >= 11 is 2.11. The van der Waals surface area contributed by atoms with Gasteiger partial charge in [-0.15, -0.1) is 6.42 Å². The largest absolute Gasteiger partial charge is 0.464 e. The van der Waals surface area contributed by atoms with Gasteiger partial charge in [0.05, 0.1) is 0 Å². The summed E-state index contributed by atoms with van der Waals surface area (Å²) in [6, 6.07) is 5.55. The number of terminal acetylenes is 1. The Balaban J connectivity index is 2.65. The number of ether oxygens (including phenoxy) is 1. The molecule has 0 aromatic carbocycles. The van der Waals surface area contributed by atoms with Crippen molar-refractivity contribution in [1.82, 2.24) is 4.98 Å². The third kappa shape index (κ3) is 2.76. The highest BCUT2D eigenvalue weighted by Gasteiger charge is 1.92. The van der Waals surface area contributed by atoms with Crippen LogP contribution in [-0.4, -0.2) is 11.6 Å². The molecule has 0 aliphatic carbocycles. The molecule has 11 heavy (non-hydrogen) atoms. The fourth-order valence-electron chi connectivity index (χ4n) is 0.586. The minimum Gasteiger partial charge on any atom is -0.464 e. The SMILES string of the molecule is C#CCOc1cccc(I)n1. The molecule has 1 heterocycles. The Labute approximate surface area is 79.1 Å². The van der Waals surface area contributed by atoms with Gasteiger partial charge in [0.1, 0.15) is 3.70 Å². The summed E-state index contributed by atoms with van der Waals surface area (Å²) in [5, 5.41) is 0. The molecular formula is C8H6INO. The van der Waals surface area contributed by atoms with Crippen LogP contribution in [0.5, 0.6) is 5.88 Å². The highest BCUT2D eigenvalue weighted by atomic mass is 127. The van der Waals surface area contributed by atoms with Gasteiger partial charge in [-0.05, 0) is 28.7 Å². The van der Waals surface area contributed by atoms with E-state index in [-0.39, 0.29) is 6.61 Å². The zero-order chi connectivity index (χ0) is 8.10. The highest BCUT2D eigenvalue weighted by molar-refractivity contribution is 14.1. The molecule has 3 heteroatoms. The third-order valence-corrected chi connectivity index (χ3v) is 1.59. The lowest BCUT2D eigenvalue weighted by atomic mass is 10.5. The quantitative estimate of drug-likeness (QED) is 0.458. The Morgan fingerprint density at radius 2 is 2.45 bits per heavy atom. The van der Waals surface area contributed by atoms with Crippen molar-refractivity contribution in [2.45, 2.75) is 0 Å². The van der Waals surface area contributed by atoms with Gasteiger partial charge in [-0.2, -0.15) is 0 Å². The predicted molar refractivity (Wildman–Crippen MR) is 51.3 cm³/mol. The van der Waals surface area contributed by atoms with Crippen LogP contribution < -0.4 is 4.74 Å². The van der Waals surface area contributed by atoms with Gasteiger partial charge in [-0.3, -0.25) is 0 Å². The van der Waals surface area contributed by atoms with E-state index in [1.165, 1.54) is 0 Å². The van der Waals surface area contributed by atoms with Crippen LogP contribution in [0.2, 0.25) is 0 Å². The van der Waals surface area contributed by atoms with Crippen LogP contribution in [0.25, 0.3) is 0 Å². The molecule has 0 aliphatic heterocycles. The highest BCUT2D eigenvalue weighted by Crippen LogP contribution is 2.08. The second-order valence-electron chi connectivity index (χ2n) is 1.79. The van der Waals surface area contributed by atoms with Crippen molar-refractivity contribution in [1.29, 1.82) is 0 Å². The van der Waals surface area contributed by atoms with Crippen molar-refractivity contribution in [2.24, 2.45) is 0 Å². The first-order chi connectivity index (χ1) is 5.33. The normalized spacial score (nSPS) is 8.73. The fourth-order valence-corrected chi connectivity index (χ4v) is 1.03. The summed E-state index contributed by atoms with van der Waals surface area (Å²) in [5.74, 6) is 2.95. The summed E-state index contributed by atoms with van der Waals surface area (Å²) in [5.41, 5.74) is 0. The summed E-state index contributed by atoms with van der Waals surface area (Å²) in [6.45, 7) is 0.271. The Morgan fingerprint density at radius 3 is 3.09 bits per heavy atom. The first-order valence-corrected chi connectivity index (χ1v) is 4.09. The summed E-state index contributed by atoms with van der Waals surface area (Å²) in [4.78, 5) is 4.08. The van der Waals surface area contributed by atoms with Gasteiger partial charge in [-0.1, -0.05) is 12.0 Å². The van der Waals surface area contributed by atoms with Crippen molar-refractivity contribution in [3.8, 4) is 18.2 Å². The van der Waals surface area contributed by atoms with Gasteiger partial charge in [0.2, 0.25) is 5.88 Å². The van der Waals surface area contributed by atoms with Gasteiger partial charge in [0.25, 0.3) is 0 Å². The molecule has 1 aromatic heterocycles. The molecule has 56 valence electrons. The minimum absolute atomic E-state index is 0.271. The first kappa shape index (κ1) is 8.34. The number of hydrogen-bond acceptors (Lipinski definition) is 2. The average Bonchev–Trinajstić information content (AvgIpc) is 2.01. The van der Waals surface area contributed by atoms with E-state index in [0.717, 1.165) is 3.70 Å². The van der Waals surface area contributed by atoms with Gasteiger partial charge in [0.15, 0.2) is 6.61 Å². The van der Waals surface area contributed by atoms with E-state index in [9.17, 15) is 0 Å². The van der Waals surface area contributed by atoms with Crippen LogP contribution in [0.15, 0.2) is 18.2 Å². The topological polar surface area (TPSA) is 22.1 Å². The monoisotopic (exact) mass is 259 g/mol. The van der Waals surface area contributed by atoms with E-state index in [2.05, 4.69) is 33.5 Å². The van der Waals surface area contributed by atoms with Crippen LogP contribution in [0, 0.1) is 16.0 Å². The van der Waals surface area contributed by atoms with Crippen LogP contribution in [0.1, 0.15) is 0 Å². The molecule has 1 rings (SSSR count). The summed E-state index contributed by atoms with van der Waals surface area (Å²) in [6.07, 6.45) is 5.01. The molecule has 0 amide bonds. The average molecular weight is 259 g/mol. The number of nitrogens with zero attached hydrogens (tertiary/aromatic N) is 1. The lowest BCUT2D eigenvalue weighted by Crippen LogP contribution is -1.96. The maximum Gasteiger partial charge on any atom is 0.215 e. The Kier molecular flexibility index (Phi) is 3.17. The molecule has 0 unspecified atom stereocenters. The van der Waals surface area contributed by atoms with E-state index < -0.39 is 0 Å². The standard InChI is InChI=1S/C8H6INO/c1-2-6-11-8-5-3-4-7(9)10-8/h1,3-5H,6H2. The molecule has 0 saturated carbocycles. The number of pyridine rings is 1. The van der Waals surface area contributed by atoms with Crippen molar-refractivity contribution in [2.75, 3.05) is 6.61 Å². The molecule has 0 N–H and O–H groups in total. The third-order valence-electron chi connectivity index (χ3n) is 0.993. The van der Waals surface area contributed by atoms with Crippen LogP contribution in [-0.2, 0) is 0 Å². The number of hydrogen-bond donors (Lipinski definition) is 0. The molecule has 0 spiro atoms. The summed E-state index contributed by atoms with van der Waals surface area (Å²) < 4.78 is 5.98. The minimum atomic E-state index is 0.271. The zero-order valence-electron chi connectivity index (χ0n) is 5.75. The molecule has 0 aliphatic rings. The van der Waals surface area contributed by atoms with Crippen molar-refractivity contribution in [3.05, 3.63) is 21.9 Å². The Hall–Kier alpha value is -0.760. The number of rotatable bonds is 2. The van der Waals surface area contributed by atoms with E-state index >= 15 is 0 Å². The lowest BCUT2D eigenvalue weighted by molar-refractivity contribution is 0.355. The molecular weight excluding hydrogens is 253 g/mol. The second kappa shape index (κ2) is 4.19. The fraction of sp³-hybridized carbons (Fsp3) is 0.125. The van der Waals surface area contributed by atoms with E-state index in [1.807, 2.05) is 12.1 Å². The molecule has 0 saturated heterocycles. The van der Waals surface area contributed by atoms with Gasteiger partial charge in [-0.25, -0.2) is 4.98 Å². The maximum absolute atomic E-state index is 5.08. The number of aromatic nitrogens is 1. The maximum atomic E-state index is 5.08. The van der Waals surface area contributed by atoms with Crippen LogP contribution in [0.3, 0.4) is 0 Å². The summed E-state index contributed by atoms with van der Waals surface area (Å²) in [7, 11) is 0. The lowest BCUT2D eigenvalue weighted by Gasteiger charge is -1.99. The van der Waals surface area contributed by atoms with Gasteiger partial charge in [0, 0.05) is 6.07 Å². The predicted octanol–water partition coefficient (Wildman–Crippen LogP) is 1.70. The van der Waals surface area contributed by atoms with E-state index in [0.29, 0.717) is 5.88 Å². The Bertz CT molecular complexity index is 280. The molecule has 0 atom stereocenters. The number of halogens is 1. The van der Waals surface area contributed by atoms with E-state index in [4.69, 9.17) is 11.2 Å². The van der Waals surface area contributed by atoms with Crippen LogP contribution in [0.4, 0.5) is 0 Å². The Morgan fingerprint density at radius 1 is 1.64 bits per heavy atom. The smallest absolute Gasteiger partial charge is 0.215 e. The van der Waals surface area contributed by atoms with Crippen LogP contribution >= 0.6 is 22.6 Å². The molecule has 0 fully saturated rings. The van der Waals surface area contributed by atoms with Crippen molar-refractivity contribution < 1.29 is 4.74 Å². The molecule has 1 aromatic rings. The second-order valence-corrected chi connectivity index (χ2v) is 2.90. The van der Waals surface area contributed by atoms with E-state index in [1.54, 1.807) is 6.07 Å². The van der Waals surface area contributed by atoms with Gasteiger partial charge >= 0.3 is 0 Å². The van der Waals surface area contributed by atoms with Crippen molar-refractivity contribution in [3.63, 3.8) is 0 Å². The molecule has 0 radical (unpaired) electrons. The zero-order valence-corrected chi connectivity index (χ0v) is 7.91. The molecule has 0 bridgehead atoms. The van der Waals surface area contributed by atoms with Crippen molar-refractivity contribution >= 4 is 22.6 Å². The first-order valence-electron chi connectivity index (χ1n) is 3.02.